The number of aromatic nitrogens is 1. The van der Waals surface area contributed by atoms with Crippen molar-refractivity contribution < 1.29 is 22.3 Å². The number of halogens is 1. The zero-order valence-electron chi connectivity index (χ0n) is 16.4. The van der Waals surface area contributed by atoms with E-state index in [0.717, 1.165) is 43.3 Å². The van der Waals surface area contributed by atoms with Gasteiger partial charge in [-0.1, -0.05) is 12.1 Å². The number of ether oxygens (including phenoxy) is 1. The Bertz CT molecular complexity index is 719. The maximum atomic E-state index is 10.4. The molecule has 1 aliphatic heterocycles. The predicted octanol–water partition coefficient (Wildman–Crippen LogP) is -0.427. The average Bonchev–Trinajstić information content (AvgIpc) is 2.65. The van der Waals surface area contributed by atoms with Crippen LogP contribution in [0.15, 0.2) is 36.5 Å². The number of rotatable bonds is 6. The fraction of sp³-hybridized carbons (Fsp3) is 0.476. The summed E-state index contributed by atoms with van der Waals surface area (Å²) in [6.45, 7) is 10.9. The summed E-state index contributed by atoms with van der Waals surface area (Å²) in [6.07, 6.45) is 1.34. The lowest BCUT2D eigenvalue weighted by Gasteiger charge is -2.36. The third-order valence-corrected chi connectivity index (χ3v) is 5.01. The number of aryl methyl sites for hydroxylation is 2. The highest BCUT2D eigenvalue weighted by Gasteiger charge is 2.20. The Morgan fingerprint density at radius 2 is 1.85 bits per heavy atom. The first-order valence-corrected chi connectivity index (χ1v) is 9.30. The molecule has 6 heteroatoms. The van der Waals surface area contributed by atoms with Gasteiger partial charge in [-0.25, -0.2) is 4.98 Å². The Hall–Kier alpha value is -1.82. The first-order chi connectivity index (χ1) is 12.5. The van der Waals surface area contributed by atoms with E-state index in [1.165, 1.54) is 11.1 Å². The van der Waals surface area contributed by atoms with Crippen molar-refractivity contribution in [2.75, 3.05) is 44.2 Å². The van der Waals surface area contributed by atoms with Crippen molar-refractivity contribution in [1.29, 1.82) is 0 Å². The van der Waals surface area contributed by atoms with Crippen molar-refractivity contribution in [3.63, 3.8) is 0 Å². The molecule has 2 aromatic rings. The number of aliphatic hydroxyl groups is 1. The Morgan fingerprint density at radius 3 is 2.52 bits per heavy atom. The molecule has 3 rings (SSSR count). The molecule has 0 saturated carbocycles. The summed E-state index contributed by atoms with van der Waals surface area (Å²) in [7, 11) is 0. The van der Waals surface area contributed by atoms with Crippen LogP contribution >= 0.6 is 0 Å². The van der Waals surface area contributed by atoms with E-state index in [1.807, 2.05) is 30.5 Å². The van der Waals surface area contributed by atoms with Crippen LogP contribution < -0.4 is 22.0 Å². The molecule has 1 fully saturated rings. The smallest absolute Gasteiger partial charge is 0.128 e. The summed E-state index contributed by atoms with van der Waals surface area (Å²) in [5.41, 5.74) is 3.55. The minimum Gasteiger partial charge on any atom is -1.00 e. The average molecular weight is 391 g/mol. The van der Waals surface area contributed by atoms with E-state index in [-0.39, 0.29) is 12.4 Å². The third-order valence-electron chi connectivity index (χ3n) is 5.01. The van der Waals surface area contributed by atoms with E-state index in [2.05, 4.69) is 41.6 Å². The summed E-state index contributed by atoms with van der Waals surface area (Å²) in [5, 5.41) is 10.4. The van der Waals surface area contributed by atoms with Gasteiger partial charge in [0, 0.05) is 38.9 Å². The lowest BCUT2D eigenvalue weighted by Crippen LogP contribution is -3.00. The second kappa shape index (κ2) is 9.93. The summed E-state index contributed by atoms with van der Waals surface area (Å²) < 4.78 is 5.90. The molecule has 1 N–H and O–H groups in total. The molecule has 27 heavy (non-hydrogen) atoms. The highest BCUT2D eigenvalue weighted by atomic mass is 35.5. The molecule has 1 atom stereocenters. The van der Waals surface area contributed by atoms with Crippen LogP contribution in [0.3, 0.4) is 0 Å². The summed E-state index contributed by atoms with van der Waals surface area (Å²) in [6, 6.07) is 10.2. The van der Waals surface area contributed by atoms with Crippen LogP contribution in [-0.4, -0.2) is 60.4 Å². The van der Waals surface area contributed by atoms with Crippen LogP contribution in [0.1, 0.15) is 16.7 Å². The molecule has 1 aromatic heterocycles. The molecule has 1 saturated heterocycles. The van der Waals surface area contributed by atoms with Crippen molar-refractivity contribution in [3.05, 3.63) is 53.2 Å². The van der Waals surface area contributed by atoms with Gasteiger partial charge in [-0.05, 0) is 55.7 Å². The Morgan fingerprint density at radius 1 is 1.11 bits per heavy atom. The number of nitrogens with zero attached hydrogens (tertiary/aromatic N) is 3. The lowest BCUT2D eigenvalue weighted by atomic mass is 10.1. The standard InChI is InChI=1S/C21H29N3O2.ClH/c1-16-12-17(2)18(3)20(13-16)26-15-19(25)14-23-8-10-24(11-9-23)21-6-4-5-7-22-21;/h4-7,12-13,19,25H,8-11,14-15H2,1-3H3;1H/p-1. The molecule has 1 aliphatic rings. The molecule has 5 nitrogen and oxygen atoms in total. The molecule has 1 unspecified atom stereocenters. The highest BCUT2D eigenvalue weighted by molar-refractivity contribution is 5.42. The van der Waals surface area contributed by atoms with Gasteiger partial charge in [-0.2, -0.15) is 0 Å². The fourth-order valence-corrected chi connectivity index (χ4v) is 3.39. The molecule has 0 radical (unpaired) electrons. The molecular weight excluding hydrogens is 362 g/mol. The summed E-state index contributed by atoms with van der Waals surface area (Å²) >= 11 is 0. The van der Waals surface area contributed by atoms with Gasteiger partial charge in [0.25, 0.3) is 0 Å². The van der Waals surface area contributed by atoms with Crippen LogP contribution in [0.4, 0.5) is 5.82 Å². The number of anilines is 1. The lowest BCUT2D eigenvalue weighted by molar-refractivity contribution is -0.00000787. The van der Waals surface area contributed by atoms with E-state index in [4.69, 9.17) is 4.74 Å². The number of benzene rings is 1. The summed E-state index contributed by atoms with van der Waals surface area (Å²) in [4.78, 5) is 9.00. The topological polar surface area (TPSA) is 48.8 Å². The molecule has 0 aliphatic carbocycles. The zero-order valence-corrected chi connectivity index (χ0v) is 17.1. The summed E-state index contributed by atoms with van der Waals surface area (Å²) in [5.74, 6) is 1.91. The molecule has 1 aromatic carbocycles. The van der Waals surface area contributed by atoms with Gasteiger partial charge in [0.1, 0.15) is 24.3 Å². The van der Waals surface area contributed by atoms with Crippen LogP contribution in [-0.2, 0) is 0 Å². The van der Waals surface area contributed by atoms with Gasteiger partial charge >= 0.3 is 0 Å². The number of hydrogen-bond acceptors (Lipinski definition) is 5. The maximum Gasteiger partial charge on any atom is 0.128 e. The minimum atomic E-state index is -0.489. The van der Waals surface area contributed by atoms with Crippen molar-refractivity contribution in [3.8, 4) is 5.75 Å². The fourth-order valence-electron chi connectivity index (χ4n) is 3.39. The molecular formula is C21H29ClN3O2-. The van der Waals surface area contributed by atoms with Crippen molar-refractivity contribution in [2.45, 2.75) is 26.9 Å². The quantitative estimate of drug-likeness (QED) is 0.725. The van der Waals surface area contributed by atoms with Gasteiger partial charge in [0.05, 0.1) is 0 Å². The second-order valence-electron chi connectivity index (χ2n) is 7.15. The molecule has 0 spiro atoms. The number of pyridine rings is 1. The van der Waals surface area contributed by atoms with Crippen LogP contribution in [0.25, 0.3) is 0 Å². The molecule has 0 bridgehead atoms. The minimum absolute atomic E-state index is 0. The predicted molar refractivity (Wildman–Crippen MR) is 105 cm³/mol. The normalized spacial score (nSPS) is 15.9. The van der Waals surface area contributed by atoms with Gasteiger partial charge in [-0.15, -0.1) is 0 Å². The number of β-amino-alcohol motifs (C(OH)–C–C–N with tert-alkyl or cyclic N) is 1. The van der Waals surface area contributed by atoms with E-state index in [0.29, 0.717) is 13.2 Å². The monoisotopic (exact) mass is 390 g/mol. The van der Waals surface area contributed by atoms with E-state index in [1.54, 1.807) is 0 Å². The molecule has 0 amide bonds. The van der Waals surface area contributed by atoms with Crippen molar-refractivity contribution in [2.24, 2.45) is 0 Å². The molecule has 2 heterocycles. The maximum absolute atomic E-state index is 10.4. The Balaban J connectivity index is 0.00000261. The van der Waals surface area contributed by atoms with Crippen LogP contribution in [0, 0.1) is 20.8 Å². The van der Waals surface area contributed by atoms with Crippen molar-refractivity contribution >= 4 is 5.82 Å². The number of aliphatic hydroxyl groups excluding tert-OH is 1. The Labute approximate surface area is 168 Å². The SMILES string of the molecule is Cc1cc(C)c(C)c(OCC(O)CN2CCN(c3ccccn3)CC2)c1.[Cl-]. The van der Waals surface area contributed by atoms with Gasteiger partial charge in [-0.3, -0.25) is 4.90 Å². The van der Waals surface area contributed by atoms with Gasteiger partial charge in [0.15, 0.2) is 0 Å². The third kappa shape index (κ3) is 5.83. The van der Waals surface area contributed by atoms with Gasteiger partial charge < -0.3 is 27.2 Å². The Kier molecular flexibility index (Phi) is 7.90. The molecule has 148 valence electrons. The van der Waals surface area contributed by atoms with Crippen LogP contribution in [0.5, 0.6) is 5.75 Å². The highest BCUT2D eigenvalue weighted by Crippen LogP contribution is 2.23. The number of hydrogen-bond donors (Lipinski definition) is 1. The zero-order chi connectivity index (χ0) is 18.5. The van der Waals surface area contributed by atoms with E-state index in [9.17, 15) is 5.11 Å². The van der Waals surface area contributed by atoms with E-state index < -0.39 is 6.10 Å². The largest absolute Gasteiger partial charge is 1.00 e. The first kappa shape index (κ1) is 21.5. The van der Waals surface area contributed by atoms with E-state index >= 15 is 0 Å². The second-order valence-corrected chi connectivity index (χ2v) is 7.15. The van der Waals surface area contributed by atoms with Gasteiger partial charge in [0.2, 0.25) is 0 Å². The van der Waals surface area contributed by atoms with Crippen molar-refractivity contribution in [1.82, 2.24) is 9.88 Å². The van der Waals surface area contributed by atoms with Crippen LogP contribution in [0.2, 0.25) is 0 Å². The first-order valence-electron chi connectivity index (χ1n) is 9.30. The number of piperazine rings is 1.